The van der Waals surface area contributed by atoms with Gasteiger partial charge in [0.25, 0.3) is 6.02 Å². The maximum Gasteiger partial charge on any atom is 0.308 e. The normalized spacial score (nSPS) is 20.0. The predicted octanol–water partition coefficient (Wildman–Crippen LogP) is 5.18. The Bertz CT molecular complexity index is 900. The first kappa shape index (κ1) is 19.9. The van der Waals surface area contributed by atoms with Gasteiger partial charge in [0.1, 0.15) is 11.8 Å². The van der Waals surface area contributed by atoms with Crippen molar-refractivity contribution >= 4 is 23.1 Å². The van der Waals surface area contributed by atoms with Gasteiger partial charge in [-0.15, -0.1) is 0 Å². The minimum absolute atomic E-state index is 0.0480. The van der Waals surface area contributed by atoms with Crippen molar-refractivity contribution in [1.82, 2.24) is 0 Å². The number of halogens is 3. The van der Waals surface area contributed by atoms with Crippen molar-refractivity contribution < 1.29 is 22.6 Å². The highest BCUT2D eigenvalue weighted by molar-refractivity contribution is 5.91. The van der Waals surface area contributed by atoms with Crippen molar-refractivity contribution in [2.24, 2.45) is 4.99 Å². The molecule has 1 atom stereocenters. The summed E-state index contributed by atoms with van der Waals surface area (Å²) >= 11 is 0. The maximum atomic E-state index is 15.0. The standard InChI is InChI=1S/C20H22F3N3O2/c1-12-20(22,23)19(2,3)28-18(24-12)26-15-10-7-9-14(17(15)21)25-13-8-5-6-11-16(13)27-4/h5-12,25H,1-4H3,(H,24,26)/t12-/m1/s1. The summed E-state index contributed by atoms with van der Waals surface area (Å²) in [6.45, 7) is 3.84. The SMILES string of the molecule is COc1ccccc1Nc1cccc(NC2=N[C@H](C)C(F)(F)C(C)(C)O2)c1F. The van der Waals surface area contributed by atoms with E-state index in [9.17, 15) is 13.2 Å². The van der Waals surface area contributed by atoms with Crippen LogP contribution in [-0.4, -0.2) is 30.7 Å². The lowest BCUT2D eigenvalue weighted by Crippen LogP contribution is -2.56. The highest BCUT2D eigenvalue weighted by Gasteiger charge is 2.56. The molecule has 0 unspecified atom stereocenters. The van der Waals surface area contributed by atoms with Gasteiger partial charge in [0.2, 0.25) is 0 Å². The Hall–Kier alpha value is -2.90. The van der Waals surface area contributed by atoms with E-state index in [1.807, 2.05) is 0 Å². The van der Waals surface area contributed by atoms with E-state index in [0.29, 0.717) is 11.4 Å². The molecule has 1 aliphatic heterocycles. The van der Waals surface area contributed by atoms with E-state index >= 15 is 0 Å². The Balaban J connectivity index is 1.86. The topological polar surface area (TPSA) is 54.9 Å². The number of benzene rings is 2. The summed E-state index contributed by atoms with van der Waals surface area (Å²) in [5, 5.41) is 5.64. The Morgan fingerprint density at radius 2 is 1.61 bits per heavy atom. The summed E-state index contributed by atoms with van der Waals surface area (Å²) < 4.78 is 53.9. The number of methoxy groups -OCH3 is 1. The lowest BCUT2D eigenvalue weighted by atomic mass is 9.93. The summed E-state index contributed by atoms with van der Waals surface area (Å²) in [5.74, 6) is -3.20. The van der Waals surface area contributed by atoms with Crippen molar-refractivity contribution in [3.63, 3.8) is 0 Å². The fourth-order valence-corrected chi connectivity index (χ4v) is 2.89. The van der Waals surface area contributed by atoms with Crippen molar-refractivity contribution in [2.45, 2.75) is 38.3 Å². The number of nitrogens with zero attached hydrogens (tertiary/aromatic N) is 1. The van der Waals surface area contributed by atoms with E-state index in [4.69, 9.17) is 9.47 Å². The Morgan fingerprint density at radius 3 is 2.25 bits per heavy atom. The summed E-state index contributed by atoms with van der Waals surface area (Å²) in [5.41, 5.74) is -0.961. The van der Waals surface area contributed by atoms with E-state index in [2.05, 4.69) is 15.6 Å². The van der Waals surface area contributed by atoms with Gasteiger partial charge >= 0.3 is 5.92 Å². The Morgan fingerprint density at radius 1 is 1.00 bits per heavy atom. The number of hydrogen-bond acceptors (Lipinski definition) is 5. The lowest BCUT2D eigenvalue weighted by molar-refractivity contribution is -0.174. The second-order valence-electron chi connectivity index (χ2n) is 6.96. The van der Waals surface area contributed by atoms with Crippen molar-refractivity contribution in [3.05, 3.63) is 48.3 Å². The highest BCUT2D eigenvalue weighted by Crippen LogP contribution is 2.39. The first-order valence-corrected chi connectivity index (χ1v) is 8.76. The smallest absolute Gasteiger partial charge is 0.308 e. The molecular formula is C20H22F3N3O2. The minimum atomic E-state index is -3.15. The fourth-order valence-electron chi connectivity index (χ4n) is 2.89. The molecule has 0 aliphatic carbocycles. The van der Waals surface area contributed by atoms with Crippen LogP contribution >= 0.6 is 0 Å². The van der Waals surface area contributed by atoms with Crippen LogP contribution in [0.2, 0.25) is 0 Å². The summed E-state index contributed by atoms with van der Waals surface area (Å²) in [6.07, 6.45) is 0. The van der Waals surface area contributed by atoms with Crippen LogP contribution in [0.25, 0.3) is 0 Å². The van der Waals surface area contributed by atoms with Gasteiger partial charge in [-0.3, -0.25) is 0 Å². The average Bonchev–Trinajstić information content (AvgIpc) is 2.63. The Kier molecular flexibility index (Phi) is 5.14. The number of amidine groups is 1. The van der Waals surface area contributed by atoms with Gasteiger partial charge in [-0.25, -0.2) is 9.38 Å². The van der Waals surface area contributed by atoms with Crippen LogP contribution in [-0.2, 0) is 4.74 Å². The molecular weight excluding hydrogens is 371 g/mol. The molecule has 150 valence electrons. The zero-order valence-electron chi connectivity index (χ0n) is 16.0. The molecule has 2 aromatic rings. The molecule has 3 rings (SSSR count). The van der Waals surface area contributed by atoms with E-state index < -0.39 is 23.4 Å². The highest BCUT2D eigenvalue weighted by atomic mass is 19.3. The van der Waals surface area contributed by atoms with Crippen LogP contribution in [0.3, 0.4) is 0 Å². The molecule has 5 nitrogen and oxygen atoms in total. The van der Waals surface area contributed by atoms with E-state index in [-0.39, 0.29) is 17.4 Å². The number of aliphatic imine (C=N–C) groups is 1. The zero-order valence-corrected chi connectivity index (χ0v) is 16.0. The molecule has 28 heavy (non-hydrogen) atoms. The second kappa shape index (κ2) is 7.26. The van der Waals surface area contributed by atoms with Crippen LogP contribution < -0.4 is 15.4 Å². The van der Waals surface area contributed by atoms with Gasteiger partial charge in [0.15, 0.2) is 11.4 Å². The van der Waals surface area contributed by atoms with Gasteiger partial charge in [0, 0.05) is 0 Å². The molecule has 2 aromatic carbocycles. The maximum absolute atomic E-state index is 15.0. The van der Waals surface area contributed by atoms with Crippen LogP contribution in [0.5, 0.6) is 5.75 Å². The third-order valence-electron chi connectivity index (χ3n) is 4.61. The van der Waals surface area contributed by atoms with E-state index in [1.165, 1.54) is 33.9 Å². The third kappa shape index (κ3) is 3.58. The van der Waals surface area contributed by atoms with Gasteiger partial charge in [-0.05, 0) is 45.0 Å². The molecule has 1 aliphatic rings. The number of rotatable bonds is 4. The van der Waals surface area contributed by atoms with Gasteiger partial charge in [0.05, 0.1) is 24.2 Å². The minimum Gasteiger partial charge on any atom is -0.495 e. The van der Waals surface area contributed by atoms with Gasteiger partial charge < -0.3 is 20.1 Å². The monoisotopic (exact) mass is 393 g/mol. The van der Waals surface area contributed by atoms with Gasteiger partial charge in [-0.2, -0.15) is 8.78 Å². The summed E-state index contributed by atoms with van der Waals surface area (Å²) in [6, 6.07) is 10.3. The number of nitrogens with one attached hydrogen (secondary N) is 2. The quantitative estimate of drug-likeness (QED) is 0.752. The van der Waals surface area contributed by atoms with Gasteiger partial charge in [-0.1, -0.05) is 18.2 Å². The fraction of sp³-hybridized carbons (Fsp3) is 0.350. The van der Waals surface area contributed by atoms with Crippen LogP contribution in [0.1, 0.15) is 20.8 Å². The number of ether oxygens (including phenoxy) is 2. The largest absolute Gasteiger partial charge is 0.495 e. The summed E-state index contributed by atoms with van der Waals surface area (Å²) in [4.78, 5) is 3.83. The number of para-hydroxylation sites is 2. The average molecular weight is 393 g/mol. The molecule has 0 radical (unpaired) electrons. The molecule has 0 spiro atoms. The molecule has 0 amide bonds. The van der Waals surface area contributed by atoms with Crippen molar-refractivity contribution in [2.75, 3.05) is 17.7 Å². The first-order valence-electron chi connectivity index (χ1n) is 8.76. The molecule has 0 fully saturated rings. The number of hydrogen-bond donors (Lipinski definition) is 2. The lowest BCUT2D eigenvalue weighted by Gasteiger charge is -2.40. The van der Waals surface area contributed by atoms with Crippen LogP contribution in [0, 0.1) is 5.82 Å². The molecule has 0 saturated carbocycles. The third-order valence-corrected chi connectivity index (χ3v) is 4.61. The predicted molar refractivity (Wildman–Crippen MR) is 103 cm³/mol. The molecule has 1 heterocycles. The molecule has 2 N–H and O–H groups in total. The van der Waals surface area contributed by atoms with E-state index in [1.54, 1.807) is 36.4 Å². The van der Waals surface area contributed by atoms with Crippen molar-refractivity contribution in [1.29, 1.82) is 0 Å². The second-order valence-corrected chi connectivity index (χ2v) is 6.96. The van der Waals surface area contributed by atoms with Crippen LogP contribution in [0.4, 0.5) is 30.2 Å². The number of alkyl halides is 2. The summed E-state index contributed by atoms with van der Waals surface area (Å²) in [7, 11) is 1.52. The van der Waals surface area contributed by atoms with Crippen LogP contribution in [0.15, 0.2) is 47.5 Å². The van der Waals surface area contributed by atoms with Crippen molar-refractivity contribution in [3.8, 4) is 5.75 Å². The Labute approximate surface area is 161 Å². The molecule has 0 saturated heterocycles. The molecule has 8 heteroatoms. The molecule has 0 bridgehead atoms. The number of anilines is 3. The molecule has 0 aromatic heterocycles. The van der Waals surface area contributed by atoms with E-state index in [0.717, 1.165) is 0 Å². The zero-order chi connectivity index (χ0) is 20.5. The first-order chi connectivity index (χ1) is 13.2.